The number of aryl methyl sites for hydroxylation is 1. The number of aromatic nitrogens is 2. The molecular formula is C14H16N2O3S2. The van der Waals surface area contributed by atoms with Gasteiger partial charge in [-0.05, 0) is 30.9 Å². The summed E-state index contributed by atoms with van der Waals surface area (Å²) in [4.78, 5) is 28.1. The zero-order valence-corrected chi connectivity index (χ0v) is 13.3. The van der Waals surface area contributed by atoms with E-state index in [1.165, 1.54) is 11.3 Å². The highest BCUT2D eigenvalue weighted by Gasteiger charge is 2.44. The minimum atomic E-state index is -0.722. The monoisotopic (exact) mass is 324 g/mol. The van der Waals surface area contributed by atoms with E-state index in [1.54, 1.807) is 22.2 Å². The van der Waals surface area contributed by atoms with Crippen LogP contribution in [0, 0.1) is 12.3 Å². The molecular weight excluding hydrogens is 308 g/mol. The number of rotatable bonds is 6. The number of carboxylic acids is 1. The second-order valence-electron chi connectivity index (χ2n) is 5.64. The average Bonchev–Trinajstić information content (AvgIpc) is 3.03. The van der Waals surface area contributed by atoms with Gasteiger partial charge in [0, 0.05) is 22.9 Å². The number of carbonyl (C=O) groups is 1. The first kappa shape index (κ1) is 14.6. The number of carboxylic acid groups (broad SMARTS) is 1. The maximum absolute atomic E-state index is 12.0. The first-order chi connectivity index (χ1) is 9.99. The van der Waals surface area contributed by atoms with E-state index >= 15 is 0 Å². The fourth-order valence-electron chi connectivity index (χ4n) is 2.42. The van der Waals surface area contributed by atoms with E-state index in [1.807, 2.05) is 12.3 Å². The second kappa shape index (κ2) is 5.46. The number of thiazole rings is 1. The average molecular weight is 324 g/mol. The molecule has 7 heteroatoms. The smallest absolute Gasteiger partial charge is 0.303 e. The van der Waals surface area contributed by atoms with Crippen molar-refractivity contribution in [2.24, 2.45) is 5.41 Å². The van der Waals surface area contributed by atoms with Crippen LogP contribution in [0.15, 0.2) is 16.2 Å². The Morgan fingerprint density at radius 2 is 2.33 bits per heavy atom. The summed E-state index contributed by atoms with van der Waals surface area (Å²) >= 11 is 3.14. The van der Waals surface area contributed by atoms with Crippen LogP contribution in [0.3, 0.4) is 0 Å². The molecule has 0 unspecified atom stereocenters. The van der Waals surface area contributed by atoms with Crippen molar-refractivity contribution in [3.8, 4) is 0 Å². The highest BCUT2D eigenvalue weighted by Crippen LogP contribution is 2.51. The third-order valence-corrected chi connectivity index (χ3v) is 6.03. The van der Waals surface area contributed by atoms with Gasteiger partial charge in [0.1, 0.15) is 0 Å². The Kier molecular flexibility index (Phi) is 3.79. The molecule has 0 radical (unpaired) electrons. The topological polar surface area (TPSA) is 71.7 Å². The Morgan fingerprint density at radius 3 is 3.00 bits per heavy atom. The molecule has 1 aliphatic rings. The van der Waals surface area contributed by atoms with Crippen LogP contribution in [-0.4, -0.2) is 26.2 Å². The lowest BCUT2D eigenvalue weighted by Crippen LogP contribution is -2.15. The van der Waals surface area contributed by atoms with Gasteiger partial charge in [-0.3, -0.25) is 14.0 Å². The van der Waals surface area contributed by atoms with Crippen LogP contribution in [0.1, 0.15) is 30.7 Å². The molecule has 3 rings (SSSR count). The largest absolute Gasteiger partial charge is 0.481 e. The molecule has 112 valence electrons. The lowest BCUT2D eigenvalue weighted by Gasteiger charge is -2.11. The third kappa shape index (κ3) is 3.13. The first-order valence-corrected chi connectivity index (χ1v) is 8.79. The normalized spacial score (nSPS) is 16.2. The van der Waals surface area contributed by atoms with Crippen LogP contribution >= 0.6 is 23.1 Å². The van der Waals surface area contributed by atoms with E-state index in [0.717, 1.165) is 34.9 Å². The Morgan fingerprint density at radius 1 is 1.57 bits per heavy atom. The molecule has 0 aliphatic heterocycles. The summed E-state index contributed by atoms with van der Waals surface area (Å²) in [6, 6.07) is 1.58. The molecule has 0 atom stereocenters. The molecule has 2 heterocycles. The molecule has 1 fully saturated rings. The van der Waals surface area contributed by atoms with Crippen LogP contribution in [0.2, 0.25) is 0 Å². The second-order valence-corrected chi connectivity index (χ2v) is 7.47. The van der Waals surface area contributed by atoms with Gasteiger partial charge >= 0.3 is 5.97 Å². The molecule has 1 saturated carbocycles. The molecule has 1 N–H and O–H groups in total. The van der Waals surface area contributed by atoms with E-state index in [0.29, 0.717) is 5.75 Å². The van der Waals surface area contributed by atoms with E-state index in [4.69, 9.17) is 5.11 Å². The van der Waals surface area contributed by atoms with Crippen molar-refractivity contribution < 1.29 is 9.90 Å². The van der Waals surface area contributed by atoms with E-state index in [2.05, 4.69) is 4.98 Å². The van der Waals surface area contributed by atoms with Crippen LogP contribution in [0.25, 0.3) is 4.96 Å². The van der Waals surface area contributed by atoms with Crippen molar-refractivity contribution >= 4 is 34.0 Å². The summed E-state index contributed by atoms with van der Waals surface area (Å²) in [7, 11) is 0. The first-order valence-electron chi connectivity index (χ1n) is 6.75. The highest BCUT2D eigenvalue weighted by atomic mass is 32.2. The van der Waals surface area contributed by atoms with Crippen LogP contribution in [0.5, 0.6) is 0 Å². The van der Waals surface area contributed by atoms with Gasteiger partial charge in [0.15, 0.2) is 4.96 Å². The predicted octanol–water partition coefficient (Wildman–Crippen LogP) is 2.55. The minimum absolute atomic E-state index is 0.0187. The fraction of sp³-hybridized carbons (Fsp3) is 0.500. The summed E-state index contributed by atoms with van der Waals surface area (Å²) in [6.45, 7) is 1.89. The van der Waals surface area contributed by atoms with Crippen LogP contribution in [0.4, 0.5) is 0 Å². The predicted molar refractivity (Wildman–Crippen MR) is 84.2 cm³/mol. The van der Waals surface area contributed by atoms with E-state index < -0.39 is 5.97 Å². The van der Waals surface area contributed by atoms with Crippen LogP contribution < -0.4 is 5.56 Å². The van der Waals surface area contributed by atoms with E-state index in [-0.39, 0.29) is 17.4 Å². The maximum Gasteiger partial charge on any atom is 0.303 e. The van der Waals surface area contributed by atoms with Crippen molar-refractivity contribution in [3.63, 3.8) is 0 Å². The Labute approximate surface area is 130 Å². The SMILES string of the molecule is Cc1csc2nc(CSCC3(CC(=O)O)CC3)cc(=O)n12. The van der Waals surface area contributed by atoms with Gasteiger partial charge in [0.25, 0.3) is 5.56 Å². The molecule has 1 aliphatic carbocycles. The molecule has 21 heavy (non-hydrogen) atoms. The summed E-state index contributed by atoms with van der Waals surface area (Å²) in [6.07, 6.45) is 2.23. The Hall–Kier alpha value is -1.34. The molecule has 0 bridgehead atoms. The van der Waals surface area contributed by atoms with Crippen molar-refractivity contribution in [3.05, 3.63) is 33.2 Å². The van der Waals surface area contributed by atoms with Crippen molar-refractivity contribution in [1.29, 1.82) is 0 Å². The lowest BCUT2D eigenvalue weighted by atomic mass is 10.1. The quantitative estimate of drug-likeness (QED) is 0.884. The Balaban J connectivity index is 1.66. The summed E-state index contributed by atoms with van der Waals surface area (Å²) < 4.78 is 1.62. The third-order valence-electron chi connectivity index (χ3n) is 3.77. The van der Waals surface area contributed by atoms with Gasteiger partial charge in [0.05, 0.1) is 12.1 Å². The highest BCUT2D eigenvalue weighted by molar-refractivity contribution is 7.98. The van der Waals surface area contributed by atoms with Crippen molar-refractivity contribution in [2.45, 2.75) is 31.9 Å². The van der Waals surface area contributed by atoms with E-state index in [9.17, 15) is 9.59 Å². The molecule has 2 aromatic rings. The molecule has 0 spiro atoms. The fourth-order valence-corrected chi connectivity index (χ4v) is 4.59. The molecule has 0 saturated heterocycles. The number of nitrogens with zero attached hydrogens (tertiary/aromatic N) is 2. The van der Waals surface area contributed by atoms with Crippen molar-refractivity contribution in [1.82, 2.24) is 9.38 Å². The van der Waals surface area contributed by atoms with Crippen LogP contribution in [-0.2, 0) is 10.5 Å². The molecule has 0 aromatic carbocycles. The van der Waals surface area contributed by atoms with Gasteiger partial charge in [-0.1, -0.05) is 0 Å². The van der Waals surface area contributed by atoms with Crippen molar-refractivity contribution in [2.75, 3.05) is 5.75 Å². The van der Waals surface area contributed by atoms with Gasteiger partial charge in [-0.15, -0.1) is 11.3 Å². The van der Waals surface area contributed by atoms with Gasteiger partial charge in [-0.25, -0.2) is 4.98 Å². The number of hydrogen-bond acceptors (Lipinski definition) is 5. The number of thioether (sulfide) groups is 1. The standard InChI is InChI=1S/C14H16N2O3S2/c1-9-6-21-13-15-10(4-11(17)16(9)13)7-20-8-14(2-3-14)5-12(18)19/h4,6H,2-3,5,7-8H2,1H3,(H,18,19). The Bertz CT molecular complexity index is 746. The zero-order chi connectivity index (χ0) is 15.0. The van der Waals surface area contributed by atoms with Gasteiger partial charge < -0.3 is 5.11 Å². The lowest BCUT2D eigenvalue weighted by molar-refractivity contribution is -0.138. The minimum Gasteiger partial charge on any atom is -0.481 e. The number of fused-ring (bicyclic) bond motifs is 1. The summed E-state index contributed by atoms with van der Waals surface area (Å²) in [5.41, 5.74) is 1.62. The number of hydrogen-bond donors (Lipinski definition) is 1. The molecule has 0 amide bonds. The summed E-state index contributed by atoms with van der Waals surface area (Å²) in [5, 5.41) is 10.8. The zero-order valence-electron chi connectivity index (χ0n) is 11.7. The molecule has 2 aromatic heterocycles. The molecule has 5 nitrogen and oxygen atoms in total. The van der Waals surface area contributed by atoms with Gasteiger partial charge in [0.2, 0.25) is 0 Å². The maximum atomic E-state index is 12.0. The van der Waals surface area contributed by atoms with Gasteiger partial charge in [-0.2, -0.15) is 11.8 Å². The summed E-state index contributed by atoms with van der Waals surface area (Å²) in [5.74, 6) is 0.758. The number of aliphatic carboxylic acids is 1.